The van der Waals surface area contributed by atoms with Gasteiger partial charge in [-0.15, -0.1) is 0 Å². The third-order valence-electron chi connectivity index (χ3n) is 3.62. The van der Waals surface area contributed by atoms with Crippen molar-refractivity contribution < 1.29 is 9.53 Å². The molecule has 0 unspecified atom stereocenters. The van der Waals surface area contributed by atoms with Crippen LogP contribution in [0.25, 0.3) is 11.1 Å². The van der Waals surface area contributed by atoms with Gasteiger partial charge in [0.1, 0.15) is 0 Å². The number of H-pyrrole nitrogens is 2. The Morgan fingerprint density at radius 3 is 2.44 bits per heavy atom. The average molecular weight is 345 g/mol. The molecular weight excluding hydrogens is 322 g/mol. The number of aromatic amines is 2. The Morgan fingerprint density at radius 2 is 1.84 bits per heavy atom. The quantitative estimate of drug-likeness (QED) is 0.663. The highest BCUT2D eigenvalue weighted by atomic mass is 16.5. The Hall–Kier alpha value is -2.67. The molecule has 134 valence electrons. The van der Waals surface area contributed by atoms with Gasteiger partial charge in [0.05, 0.1) is 11.7 Å². The van der Waals surface area contributed by atoms with E-state index in [0.717, 1.165) is 6.42 Å². The fourth-order valence-corrected chi connectivity index (χ4v) is 2.43. The molecule has 0 spiro atoms. The molecule has 3 N–H and O–H groups in total. The molecule has 0 aliphatic carbocycles. The van der Waals surface area contributed by atoms with Crippen molar-refractivity contribution in [1.82, 2.24) is 15.3 Å². The van der Waals surface area contributed by atoms with E-state index in [0.29, 0.717) is 35.5 Å². The Labute approximate surface area is 145 Å². The monoisotopic (exact) mass is 345 g/mol. The van der Waals surface area contributed by atoms with Gasteiger partial charge in [-0.05, 0) is 44.9 Å². The smallest absolute Gasteiger partial charge is 0.325 e. The summed E-state index contributed by atoms with van der Waals surface area (Å²) in [5.41, 5.74) is 1.02. The van der Waals surface area contributed by atoms with Crippen LogP contribution in [0, 0.1) is 6.92 Å². The molecule has 0 bridgehead atoms. The minimum atomic E-state index is -0.538. The van der Waals surface area contributed by atoms with Crippen LogP contribution in [0.5, 0.6) is 0 Å². The summed E-state index contributed by atoms with van der Waals surface area (Å²) in [7, 11) is 0. The fraction of sp³-hybridized carbons (Fsp3) is 0.389. The number of carbonyl (C=O) groups excluding carboxylic acids is 1. The Morgan fingerprint density at radius 1 is 1.16 bits per heavy atom. The number of benzene rings is 1. The maximum atomic E-state index is 12.1. The van der Waals surface area contributed by atoms with Gasteiger partial charge in [-0.25, -0.2) is 4.79 Å². The highest BCUT2D eigenvalue weighted by Crippen LogP contribution is 2.17. The maximum absolute atomic E-state index is 12.1. The molecule has 7 nitrogen and oxygen atoms in total. The molecule has 0 fully saturated rings. The molecule has 2 rings (SSSR count). The molecule has 1 heterocycles. The van der Waals surface area contributed by atoms with E-state index in [9.17, 15) is 14.4 Å². The van der Waals surface area contributed by atoms with Crippen LogP contribution in [0.3, 0.4) is 0 Å². The summed E-state index contributed by atoms with van der Waals surface area (Å²) < 4.78 is 5.42. The summed E-state index contributed by atoms with van der Waals surface area (Å²) in [5, 5.41) is 2.83. The lowest BCUT2D eigenvalue weighted by Crippen LogP contribution is -2.26. The molecule has 1 aromatic heterocycles. The summed E-state index contributed by atoms with van der Waals surface area (Å²) >= 11 is 0. The summed E-state index contributed by atoms with van der Waals surface area (Å²) in [6, 6.07) is 6.68. The number of carbonyl (C=O) groups is 1. The van der Waals surface area contributed by atoms with Gasteiger partial charge < -0.3 is 15.0 Å². The van der Waals surface area contributed by atoms with E-state index in [4.69, 9.17) is 4.74 Å². The number of hydrogen-bond donors (Lipinski definition) is 3. The molecular formula is C18H23N3O4. The third-order valence-corrected chi connectivity index (χ3v) is 3.62. The van der Waals surface area contributed by atoms with Gasteiger partial charge in [-0.3, -0.25) is 14.6 Å². The summed E-state index contributed by atoms with van der Waals surface area (Å²) in [6.07, 6.45) is 0.927. The van der Waals surface area contributed by atoms with Crippen molar-refractivity contribution in [3.8, 4) is 11.1 Å². The van der Waals surface area contributed by atoms with Crippen molar-refractivity contribution in [3.05, 3.63) is 56.4 Å². The molecule has 0 radical (unpaired) electrons. The maximum Gasteiger partial charge on any atom is 0.325 e. The van der Waals surface area contributed by atoms with Crippen LogP contribution in [-0.4, -0.2) is 35.1 Å². The van der Waals surface area contributed by atoms with Crippen LogP contribution < -0.4 is 16.6 Å². The zero-order valence-electron chi connectivity index (χ0n) is 14.6. The van der Waals surface area contributed by atoms with Crippen molar-refractivity contribution in [2.75, 3.05) is 13.2 Å². The summed E-state index contributed by atoms with van der Waals surface area (Å²) in [6.45, 7) is 6.73. The minimum absolute atomic E-state index is 0.178. The van der Waals surface area contributed by atoms with Crippen molar-refractivity contribution in [2.24, 2.45) is 0 Å². The second-order valence-corrected chi connectivity index (χ2v) is 6.01. The lowest BCUT2D eigenvalue weighted by molar-refractivity contribution is 0.0757. The predicted molar refractivity (Wildman–Crippen MR) is 95.9 cm³/mol. The molecule has 0 aliphatic heterocycles. The van der Waals surface area contributed by atoms with Crippen molar-refractivity contribution in [3.63, 3.8) is 0 Å². The van der Waals surface area contributed by atoms with Gasteiger partial charge in [0, 0.05) is 24.4 Å². The SMILES string of the molecule is Cc1[nH]c(=O)[nH]c(=O)c1-c1ccc(C(=O)NCCCOC(C)C)cc1. The van der Waals surface area contributed by atoms with Crippen molar-refractivity contribution in [1.29, 1.82) is 0 Å². The summed E-state index contributed by atoms with van der Waals surface area (Å²) in [5.74, 6) is -0.178. The van der Waals surface area contributed by atoms with Crippen LogP contribution in [0.4, 0.5) is 0 Å². The second kappa shape index (κ2) is 8.43. The predicted octanol–water partition coefficient (Wildman–Crippen LogP) is 1.58. The second-order valence-electron chi connectivity index (χ2n) is 6.01. The molecule has 2 aromatic rings. The lowest BCUT2D eigenvalue weighted by atomic mass is 10.0. The van der Waals surface area contributed by atoms with Crippen LogP contribution >= 0.6 is 0 Å². The molecule has 0 saturated carbocycles. The van der Waals surface area contributed by atoms with Gasteiger partial charge in [-0.1, -0.05) is 12.1 Å². The molecule has 0 aliphatic rings. The Kier molecular flexibility index (Phi) is 6.30. The van der Waals surface area contributed by atoms with E-state index >= 15 is 0 Å². The van der Waals surface area contributed by atoms with E-state index in [1.54, 1.807) is 31.2 Å². The number of hydrogen-bond acceptors (Lipinski definition) is 4. The van der Waals surface area contributed by atoms with Gasteiger partial charge in [0.25, 0.3) is 11.5 Å². The van der Waals surface area contributed by atoms with E-state index in [1.165, 1.54) is 0 Å². The van der Waals surface area contributed by atoms with E-state index < -0.39 is 11.2 Å². The van der Waals surface area contributed by atoms with Crippen LogP contribution in [0.2, 0.25) is 0 Å². The first-order chi connectivity index (χ1) is 11.9. The molecule has 0 atom stereocenters. The number of ether oxygens (including phenoxy) is 1. The molecule has 1 aromatic carbocycles. The van der Waals surface area contributed by atoms with E-state index in [-0.39, 0.29) is 12.0 Å². The van der Waals surface area contributed by atoms with Gasteiger partial charge in [-0.2, -0.15) is 0 Å². The van der Waals surface area contributed by atoms with Gasteiger partial charge in [0.15, 0.2) is 0 Å². The summed E-state index contributed by atoms with van der Waals surface area (Å²) in [4.78, 5) is 40.1. The first-order valence-corrected chi connectivity index (χ1v) is 8.22. The van der Waals surface area contributed by atoms with Gasteiger partial charge in [0.2, 0.25) is 0 Å². The van der Waals surface area contributed by atoms with Gasteiger partial charge >= 0.3 is 5.69 Å². The normalized spacial score (nSPS) is 10.9. The average Bonchev–Trinajstić information content (AvgIpc) is 2.53. The van der Waals surface area contributed by atoms with E-state index in [2.05, 4.69) is 15.3 Å². The lowest BCUT2D eigenvalue weighted by Gasteiger charge is -2.09. The standard InChI is InChI=1S/C18H23N3O4/c1-11(2)25-10-4-9-19-16(22)14-7-5-13(6-8-14)15-12(3)20-18(24)21-17(15)23/h5-8,11H,4,9-10H2,1-3H3,(H,19,22)(H2,20,21,23,24). The fourth-order valence-electron chi connectivity index (χ4n) is 2.43. The van der Waals surface area contributed by atoms with Crippen LogP contribution in [0.1, 0.15) is 36.3 Å². The Bertz CT molecular complexity index is 835. The van der Waals surface area contributed by atoms with Crippen molar-refractivity contribution >= 4 is 5.91 Å². The topological polar surface area (TPSA) is 104 Å². The Balaban J connectivity index is 2.02. The number of aromatic nitrogens is 2. The number of amides is 1. The largest absolute Gasteiger partial charge is 0.379 e. The molecule has 0 saturated heterocycles. The minimum Gasteiger partial charge on any atom is -0.379 e. The number of aryl methyl sites for hydroxylation is 1. The zero-order valence-corrected chi connectivity index (χ0v) is 14.6. The first kappa shape index (κ1) is 18.7. The number of rotatable bonds is 7. The van der Waals surface area contributed by atoms with Crippen molar-refractivity contribution in [2.45, 2.75) is 33.3 Å². The zero-order chi connectivity index (χ0) is 18.4. The third kappa shape index (κ3) is 5.15. The van der Waals surface area contributed by atoms with E-state index in [1.807, 2.05) is 13.8 Å². The highest BCUT2D eigenvalue weighted by Gasteiger charge is 2.10. The highest BCUT2D eigenvalue weighted by molar-refractivity contribution is 5.94. The molecule has 25 heavy (non-hydrogen) atoms. The number of nitrogens with one attached hydrogen (secondary N) is 3. The first-order valence-electron chi connectivity index (χ1n) is 8.22. The van der Waals surface area contributed by atoms with Crippen LogP contribution in [0.15, 0.2) is 33.9 Å². The molecule has 7 heteroatoms. The van der Waals surface area contributed by atoms with Crippen LogP contribution in [-0.2, 0) is 4.74 Å². The molecule has 1 amide bonds.